The van der Waals surface area contributed by atoms with E-state index in [1.807, 2.05) is 60.7 Å². The van der Waals surface area contributed by atoms with Crippen LogP contribution in [0.5, 0.6) is 0 Å². The molecule has 25 heavy (non-hydrogen) atoms. The van der Waals surface area contributed by atoms with Crippen molar-refractivity contribution < 1.29 is 14.4 Å². The van der Waals surface area contributed by atoms with Crippen LogP contribution >= 0.6 is 0 Å². The Morgan fingerprint density at radius 1 is 0.800 bits per heavy atom. The Labute approximate surface area is 147 Å². The van der Waals surface area contributed by atoms with Crippen molar-refractivity contribution in [2.45, 2.75) is 25.9 Å². The minimum Gasteiger partial charge on any atom is -0.352 e. The van der Waals surface area contributed by atoms with E-state index in [9.17, 15) is 9.59 Å². The molecule has 132 valence electrons. The lowest BCUT2D eigenvalue weighted by Crippen LogP contribution is -2.35. The first kappa shape index (κ1) is 18.5. The van der Waals surface area contributed by atoms with Gasteiger partial charge in [-0.05, 0) is 17.5 Å². The van der Waals surface area contributed by atoms with Crippen LogP contribution in [0.4, 0.5) is 4.79 Å². The van der Waals surface area contributed by atoms with Gasteiger partial charge in [0, 0.05) is 19.5 Å². The normalized spacial score (nSPS) is 10.1. The zero-order chi connectivity index (χ0) is 17.7. The summed E-state index contributed by atoms with van der Waals surface area (Å²) in [5.41, 5.74) is 4.37. The largest absolute Gasteiger partial charge is 0.352 e. The predicted molar refractivity (Wildman–Crippen MR) is 95.3 cm³/mol. The standard InChI is InChI=1S/C19H23N3O3/c23-18(20-14-16-8-3-1-4-9-16)12-7-13-25-22-19(24)21-15-17-10-5-2-6-11-17/h1-6,8-11H,7,12-15H2,(H,20,23)(H2,21,22,24). The average molecular weight is 341 g/mol. The van der Waals surface area contributed by atoms with Crippen LogP contribution in [0.15, 0.2) is 60.7 Å². The Kier molecular flexibility index (Phi) is 8.00. The van der Waals surface area contributed by atoms with Crippen molar-refractivity contribution in [3.05, 3.63) is 71.8 Å². The molecule has 0 heterocycles. The summed E-state index contributed by atoms with van der Waals surface area (Å²) >= 11 is 0. The topological polar surface area (TPSA) is 79.5 Å². The predicted octanol–water partition coefficient (Wildman–Crippen LogP) is 2.51. The highest BCUT2D eigenvalue weighted by Crippen LogP contribution is 1.98. The SMILES string of the molecule is O=C(CCCONC(=O)NCc1ccccc1)NCc1ccccc1. The van der Waals surface area contributed by atoms with E-state index in [2.05, 4.69) is 16.1 Å². The molecule has 2 rings (SSSR count). The zero-order valence-corrected chi connectivity index (χ0v) is 14.0. The Hall–Kier alpha value is -2.86. The molecular weight excluding hydrogens is 318 g/mol. The molecule has 2 aromatic carbocycles. The number of carbonyl (C=O) groups excluding carboxylic acids is 2. The maximum absolute atomic E-state index is 11.7. The lowest BCUT2D eigenvalue weighted by atomic mass is 10.2. The second-order valence-corrected chi connectivity index (χ2v) is 5.48. The lowest BCUT2D eigenvalue weighted by molar-refractivity contribution is -0.121. The van der Waals surface area contributed by atoms with E-state index in [1.165, 1.54) is 0 Å². The van der Waals surface area contributed by atoms with Crippen molar-refractivity contribution >= 4 is 11.9 Å². The highest BCUT2D eigenvalue weighted by atomic mass is 16.7. The van der Waals surface area contributed by atoms with Crippen molar-refractivity contribution in [3.63, 3.8) is 0 Å². The molecule has 0 saturated heterocycles. The first-order valence-corrected chi connectivity index (χ1v) is 8.24. The minimum absolute atomic E-state index is 0.0408. The van der Waals surface area contributed by atoms with E-state index in [1.54, 1.807) is 0 Å². The molecule has 3 N–H and O–H groups in total. The average Bonchev–Trinajstić information content (AvgIpc) is 2.66. The summed E-state index contributed by atoms with van der Waals surface area (Å²) in [5.74, 6) is -0.0408. The Bertz CT molecular complexity index is 590. The number of carbonyl (C=O) groups is 2. The van der Waals surface area contributed by atoms with Crippen LogP contribution in [0.2, 0.25) is 0 Å². The molecule has 0 radical (unpaired) electrons. The van der Waals surface area contributed by atoms with Gasteiger partial charge in [-0.15, -0.1) is 0 Å². The molecule has 0 aliphatic heterocycles. The van der Waals surface area contributed by atoms with E-state index in [-0.39, 0.29) is 12.5 Å². The summed E-state index contributed by atoms with van der Waals surface area (Å²) in [7, 11) is 0. The van der Waals surface area contributed by atoms with Gasteiger partial charge in [0.1, 0.15) is 0 Å². The van der Waals surface area contributed by atoms with Crippen molar-refractivity contribution in [1.82, 2.24) is 16.1 Å². The van der Waals surface area contributed by atoms with Crippen LogP contribution in [0.25, 0.3) is 0 Å². The quantitative estimate of drug-likeness (QED) is 0.484. The summed E-state index contributed by atoms with van der Waals surface area (Å²) in [5, 5.41) is 5.53. The van der Waals surface area contributed by atoms with Gasteiger partial charge in [-0.2, -0.15) is 0 Å². The van der Waals surface area contributed by atoms with Crippen LogP contribution in [0.3, 0.4) is 0 Å². The first-order chi connectivity index (χ1) is 12.2. The summed E-state index contributed by atoms with van der Waals surface area (Å²) < 4.78 is 0. The van der Waals surface area contributed by atoms with Crippen LogP contribution < -0.4 is 16.1 Å². The van der Waals surface area contributed by atoms with Crippen LogP contribution in [-0.4, -0.2) is 18.5 Å². The zero-order valence-electron chi connectivity index (χ0n) is 14.0. The van der Waals surface area contributed by atoms with Gasteiger partial charge in [0.05, 0.1) is 6.61 Å². The minimum atomic E-state index is -0.405. The van der Waals surface area contributed by atoms with E-state index >= 15 is 0 Å². The molecule has 0 spiro atoms. The van der Waals surface area contributed by atoms with Crippen LogP contribution in [0.1, 0.15) is 24.0 Å². The van der Waals surface area contributed by atoms with Crippen molar-refractivity contribution in [1.29, 1.82) is 0 Å². The van der Waals surface area contributed by atoms with E-state index in [0.717, 1.165) is 11.1 Å². The molecule has 2 aromatic rings. The van der Waals surface area contributed by atoms with Gasteiger partial charge in [0.2, 0.25) is 5.91 Å². The molecule has 0 aliphatic rings. The monoisotopic (exact) mass is 341 g/mol. The van der Waals surface area contributed by atoms with Gasteiger partial charge >= 0.3 is 6.03 Å². The van der Waals surface area contributed by atoms with E-state index in [0.29, 0.717) is 25.9 Å². The highest BCUT2D eigenvalue weighted by Gasteiger charge is 2.03. The number of hydrogen-bond acceptors (Lipinski definition) is 3. The van der Waals surface area contributed by atoms with Crippen molar-refractivity contribution in [2.75, 3.05) is 6.61 Å². The number of hydroxylamine groups is 1. The number of nitrogens with one attached hydrogen (secondary N) is 3. The second-order valence-electron chi connectivity index (χ2n) is 5.48. The summed E-state index contributed by atoms with van der Waals surface area (Å²) in [6.07, 6.45) is 0.875. The Balaban J connectivity index is 1.48. The van der Waals surface area contributed by atoms with Gasteiger partial charge in [0.25, 0.3) is 0 Å². The van der Waals surface area contributed by atoms with Crippen LogP contribution in [0, 0.1) is 0 Å². The van der Waals surface area contributed by atoms with E-state index in [4.69, 9.17) is 4.84 Å². The molecule has 0 aliphatic carbocycles. The summed E-state index contributed by atoms with van der Waals surface area (Å²) in [4.78, 5) is 28.3. The third-order valence-corrected chi connectivity index (χ3v) is 3.44. The third kappa shape index (κ3) is 7.99. The molecule has 0 fully saturated rings. The molecule has 0 saturated carbocycles. The molecule has 0 bridgehead atoms. The first-order valence-electron chi connectivity index (χ1n) is 8.24. The van der Waals surface area contributed by atoms with Crippen LogP contribution in [-0.2, 0) is 22.7 Å². The maximum Gasteiger partial charge on any atom is 0.338 e. The number of urea groups is 1. The fourth-order valence-electron chi connectivity index (χ4n) is 2.12. The molecule has 0 aromatic heterocycles. The summed E-state index contributed by atoms with van der Waals surface area (Å²) in [6.45, 7) is 1.22. The third-order valence-electron chi connectivity index (χ3n) is 3.44. The molecule has 3 amide bonds. The molecule has 6 heteroatoms. The second kappa shape index (κ2) is 10.8. The molecule has 0 unspecified atom stereocenters. The fraction of sp³-hybridized carbons (Fsp3) is 0.263. The number of amides is 3. The summed E-state index contributed by atoms with van der Waals surface area (Å²) in [6, 6.07) is 18.9. The molecule has 6 nitrogen and oxygen atoms in total. The Morgan fingerprint density at radius 2 is 1.36 bits per heavy atom. The smallest absolute Gasteiger partial charge is 0.338 e. The maximum atomic E-state index is 11.7. The number of hydrogen-bond donors (Lipinski definition) is 3. The van der Waals surface area contributed by atoms with Gasteiger partial charge in [-0.25, -0.2) is 10.3 Å². The van der Waals surface area contributed by atoms with E-state index < -0.39 is 6.03 Å². The lowest BCUT2D eigenvalue weighted by Gasteiger charge is -2.08. The van der Waals surface area contributed by atoms with Gasteiger partial charge in [-0.1, -0.05) is 60.7 Å². The fourth-order valence-corrected chi connectivity index (χ4v) is 2.12. The number of benzene rings is 2. The molecular formula is C19H23N3O3. The Morgan fingerprint density at radius 3 is 1.96 bits per heavy atom. The van der Waals surface area contributed by atoms with Crippen molar-refractivity contribution in [2.24, 2.45) is 0 Å². The molecule has 0 atom stereocenters. The highest BCUT2D eigenvalue weighted by molar-refractivity contribution is 5.75. The van der Waals surface area contributed by atoms with Gasteiger partial charge in [0.15, 0.2) is 0 Å². The number of rotatable bonds is 9. The van der Waals surface area contributed by atoms with Gasteiger partial charge < -0.3 is 10.6 Å². The van der Waals surface area contributed by atoms with Gasteiger partial charge in [-0.3, -0.25) is 9.63 Å². The van der Waals surface area contributed by atoms with Crippen molar-refractivity contribution in [3.8, 4) is 0 Å².